The molecule has 0 radical (unpaired) electrons. The van der Waals surface area contributed by atoms with Crippen molar-refractivity contribution in [3.8, 4) is 0 Å². The molecule has 1 aromatic rings. The van der Waals surface area contributed by atoms with E-state index in [2.05, 4.69) is 10.4 Å². The summed E-state index contributed by atoms with van der Waals surface area (Å²) in [7, 11) is 1.92. The summed E-state index contributed by atoms with van der Waals surface area (Å²) in [5.74, 6) is 0.0375. The van der Waals surface area contributed by atoms with Gasteiger partial charge in [0.15, 0.2) is 0 Å². The van der Waals surface area contributed by atoms with Gasteiger partial charge in [-0.1, -0.05) is 6.42 Å². The van der Waals surface area contributed by atoms with E-state index in [1.807, 2.05) is 26.4 Å². The Labute approximate surface area is 114 Å². The first-order valence-electron chi connectivity index (χ1n) is 7.06. The van der Waals surface area contributed by atoms with Crippen LogP contribution in [-0.4, -0.2) is 28.4 Å². The standard InChI is InChI=1S/C14H23N3O2/c1-3-19-14(18)12-5-4-6-13(7-12)15-8-11-9-16-17(2)10-11/h9-10,12-13,15H,3-8H2,1-2H3. The lowest BCUT2D eigenvalue weighted by atomic mass is 9.85. The van der Waals surface area contributed by atoms with Gasteiger partial charge in [0.25, 0.3) is 0 Å². The summed E-state index contributed by atoms with van der Waals surface area (Å²) in [5, 5.41) is 7.67. The van der Waals surface area contributed by atoms with Crippen molar-refractivity contribution >= 4 is 5.97 Å². The van der Waals surface area contributed by atoms with Crippen molar-refractivity contribution in [2.24, 2.45) is 13.0 Å². The number of hydrogen-bond acceptors (Lipinski definition) is 4. The fourth-order valence-electron chi connectivity index (χ4n) is 2.67. The zero-order valence-electron chi connectivity index (χ0n) is 11.8. The number of hydrogen-bond donors (Lipinski definition) is 1. The number of aryl methyl sites for hydroxylation is 1. The highest BCUT2D eigenvalue weighted by Crippen LogP contribution is 2.25. The van der Waals surface area contributed by atoms with E-state index in [0.29, 0.717) is 12.6 Å². The minimum absolute atomic E-state index is 0.0321. The van der Waals surface area contributed by atoms with Gasteiger partial charge in [0.1, 0.15) is 0 Å². The number of aromatic nitrogens is 2. The number of carbonyl (C=O) groups excluding carboxylic acids is 1. The highest BCUT2D eigenvalue weighted by molar-refractivity contribution is 5.72. The van der Waals surface area contributed by atoms with Gasteiger partial charge >= 0.3 is 5.97 Å². The highest BCUT2D eigenvalue weighted by atomic mass is 16.5. The van der Waals surface area contributed by atoms with Crippen LogP contribution < -0.4 is 5.32 Å². The molecule has 1 aliphatic carbocycles. The fourth-order valence-corrected chi connectivity index (χ4v) is 2.67. The van der Waals surface area contributed by atoms with Crippen LogP contribution in [-0.2, 0) is 23.1 Å². The van der Waals surface area contributed by atoms with Crippen LogP contribution in [0.2, 0.25) is 0 Å². The Bertz CT molecular complexity index is 417. The summed E-state index contributed by atoms with van der Waals surface area (Å²) in [5.41, 5.74) is 1.18. The molecule has 1 saturated carbocycles. The van der Waals surface area contributed by atoms with Gasteiger partial charge in [-0.25, -0.2) is 0 Å². The summed E-state index contributed by atoms with van der Waals surface area (Å²) in [6, 6.07) is 0.406. The Morgan fingerprint density at radius 1 is 1.58 bits per heavy atom. The number of rotatable bonds is 5. The summed E-state index contributed by atoms with van der Waals surface area (Å²) in [6.45, 7) is 3.15. The van der Waals surface area contributed by atoms with Gasteiger partial charge < -0.3 is 10.1 Å². The largest absolute Gasteiger partial charge is 0.466 e. The van der Waals surface area contributed by atoms with Crippen LogP contribution in [0.4, 0.5) is 0 Å². The molecule has 1 aromatic heterocycles. The fraction of sp³-hybridized carbons (Fsp3) is 0.714. The molecule has 2 unspecified atom stereocenters. The maximum Gasteiger partial charge on any atom is 0.308 e. The van der Waals surface area contributed by atoms with Gasteiger partial charge in [0.2, 0.25) is 0 Å². The molecule has 0 bridgehead atoms. The van der Waals surface area contributed by atoms with Crippen molar-refractivity contribution in [1.82, 2.24) is 15.1 Å². The van der Waals surface area contributed by atoms with E-state index in [0.717, 1.165) is 32.2 Å². The monoisotopic (exact) mass is 265 g/mol. The molecule has 1 heterocycles. The molecule has 1 N–H and O–H groups in total. The zero-order valence-corrected chi connectivity index (χ0v) is 11.8. The van der Waals surface area contributed by atoms with E-state index in [4.69, 9.17) is 4.74 Å². The van der Waals surface area contributed by atoms with E-state index in [1.54, 1.807) is 4.68 Å². The first-order chi connectivity index (χ1) is 9.19. The lowest BCUT2D eigenvalue weighted by Gasteiger charge is -2.28. The third-order valence-corrected chi connectivity index (χ3v) is 3.65. The summed E-state index contributed by atoms with van der Waals surface area (Å²) in [6.07, 6.45) is 7.96. The van der Waals surface area contributed by atoms with Crippen LogP contribution in [0, 0.1) is 5.92 Å². The second-order valence-corrected chi connectivity index (χ2v) is 5.22. The smallest absolute Gasteiger partial charge is 0.308 e. The van der Waals surface area contributed by atoms with Crippen molar-refractivity contribution in [3.63, 3.8) is 0 Å². The van der Waals surface area contributed by atoms with Crippen molar-refractivity contribution in [1.29, 1.82) is 0 Å². The highest BCUT2D eigenvalue weighted by Gasteiger charge is 2.27. The van der Waals surface area contributed by atoms with Gasteiger partial charge in [-0.15, -0.1) is 0 Å². The molecule has 0 aliphatic heterocycles. The van der Waals surface area contributed by atoms with Crippen LogP contribution >= 0.6 is 0 Å². The van der Waals surface area contributed by atoms with E-state index < -0.39 is 0 Å². The van der Waals surface area contributed by atoms with Gasteiger partial charge in [0, 0.05) is 31.4 Å². The van der Waals surface area contributed by atoms with Crippen molar-refractivity contribution in [2.45, 2.75) is 45.2 Å². The molecule has 5 heteroatoms. The SMILES string of the molecule is CCOC(=O)C1CCCC(NCc2cnn(C)c2)C1. The molecule has 0 spiro atoms. The second kappa shape index (κ2) is 6.70. The lowest BCUT2D eigenvalue weighted by molar-refractivity contribution is -0.149. The predicted molar refractivity (Wildman–Crippen MR) is 72.4 cm³/mol. The molecule has 1 aliphatic rings. The number of carbonyl (C=O) groups is 1. The molecule has 5 nitrogen and oxygen atoms in total. The minimum atomic E-state index is -0.0321. The molecule has 0 aromatic carbocycles. The first kappa shape index (κ1) is 14.1. The first-order valence-corrected chi connectivity index (χ1v) is 7.06. The topological polar surface area (TPSA) is 56.1 Å². The Kier molecular flexibility index (Phi) is 4.96. The Morgan fingerprint density at radius 2 is 2.42 bits per heavy atom. The second-order valence-electron chi connectivity index (χ2n) is 5.22. The average molecular weight is 265 g/mol. The van der Waals surface area contributed by atoms with Crippen LogP contribution in [0.3, 0.4) is 0 Å². The van der Waals surface area contributed by atoms with Gasteiger partial charge in [-0.05, 0) is 26.2 Å². The number of nitrogens with zero attached hydrogens (tertiary/aromatic N) is 2. The number of ether oxygens (including phenoxy) is 1. The quantitative estimate of drug-likeness (QED) is 0.822. The molecular formula is C14H23N3O2. The lowest BCUT2D eigenvalue weighted by Crippen LogP contribution is -2.36. The normalized spacial score (nSPS) is 23.3. The van der Waals surface area contributed by atoms with E-state index in [9.17, 15) is 4.79 Å². The van der Waals surface area contributed by atoms with Gasteiger partial charge in [0.05, 0.1) is 18.7 Å². The zero-order chi connectivity index (χ0) is 13.7. The summed E-state index contributed by atoms with van der Waals surface area (Å²) >= 11 is 0. The minimum Gasteiger partial charge on any atom is -0.466 e. The molecular weight excluding hydrogens is 242 g/mol. The Balaban J connectivity index is 1.79. The predicted octanol–water partition coefficient (Wildman–Crippen LogP) is 1.63. The average Bonchev–Trinajstić information content (AvgIpc) is 2.83. The number of esters is 1. The Hall–Kier alpha value is -1.36. The van der Waals surface area contributed by atoms with Crippen molar-refractivity contribution < 1.29 is 9.53 Å². The molecule has 2 rings (SSSR count). The maximum absolute atomic E-state index is 11.8. The van der Waals surface area contributed by atoms with Crippen molar-refractivity contribution in [3.05, 3.63) is 18.0 Å². The molecule has 0 saturated heterocycles. The van der Waals surface area contributed by atoms with Crippen LogP contribution in [0.15, 0.2) is 12.4 Å². The summed E-state index contributed by atoms with van der Waals surface area (Å²) < 4.78 is 6.92. The third-order valence-electron chi connectivity index (χ3n) is 3.65. The summed E-state index contributed by atoms with van der Waals surface area (Å²) in [4.78, 5) is 11.8. The molecule has 106 valence electrons. The van der Waals surface area contributed by atoms with Gasteiger partial charge in [-0.3, -0.25) is 9.48 Å². The van der Waals surface area contributed by atoms with Crippen molar-refractivity contribution in [2.75, 3.05) is 6.61 Å². The number of nitrogens with one attached hydrogen (secondary N) is 1. The molecule has 2 atom stereocenters. The van der Waals surface area contributed by atoms with E-state index in [-0.39, 0.29) is 11.9 Å². The van der Waals surface area contributed by atoms with Gasteiger partial charge in [-0.2, -0.15) is 5.10 Å². The van der Waals surface area contributed by atoms with E-state index in [1.165, 1.54) is 5.56 Å². The van der Waals surface area contributed by atoms with Crippen LogP contribution in [0.5, 0.6) is 0 Å². The molecule has 0 amide bonds. The Morgan fingerprint density at radius 3 is 3.11 bits per heavy atom. The van der Waals surface area contributed by atoms with Crippen LogP contribution in [0.25, 0.3) is 0 Å². The maximum atomic E-state index is 11.8. The molecule has 1 fully saturated rings. The van der Waals surface area contributed by atoms with Crippen LogP contribution in [0.1, 0.15) is 38.2 Å². The third kappa shape index (κ3) is 4.06. The molecule has 19 heavy (non-hydrogen) atoms. The van der Waals surface area contributed by atoms with E-state index >= 15 is 0 Å².